The number of rotatable bonds is 3. The topological polar surface area (TPSA) is 35.5 Å². The lowest BCUT2D eigenvalue weighted by Gasteiger charge is -2.11. The third kappa shape index (κ3) is 2.16. The number of benzene rings is 1. The standard InChI is InChI=1S/C12H14O3S/c1-14-12(13)7-15-10-5-6-11(16)9-4-2-3-8(9)10/h5-6,16H,2-4,7H2,1H3. The van der Waals surface area contributed by atoms with Gasteiger partial charge in [-0.05, 0) is 42.5 Å². The van der Waals surface area contributed by atoms with E-state index in [-0.39, 0.29) is 12.6 Å². The molecule has 16 heavy (non-hydrogen) atoms. The van der Waals surface area contributed by atoms with Crippen LogP contribution in [0.2, 0.25) is 0 Å². The van der Waals surface area contributed by atoms with Gasteiger partial charge in [0.2, 0.25) is 0 Å². The molecule has 1 aromatic carbocycles. The van der Waals surface area contributed by atoms with Gasteiger partial charge in [0, 0.05) is 4.90 Å². The number of hydrogen-bond acceptors (Lipinski definition) is 4. The predicted molar refractivity (Wildman–Crippen MR) is 63.2 cm³/mol. The van der Waals surface area contributed by atoms with E-state index >= 15 is 0 Å². The summed E-state index contributed by atoms with van der Waals surface area (Å²) in [7, 11) is 1.35. The Hall–Kier alpha value is -1.16. The first-order valence-electron chi connectivity index (χ1n) is 5.25. The fraction of sp³-hybridized carbons (Fsp3) is 0.417. The summed E-state index contributed by atoms with van der Waals surface area (Å²) in [5.41, 5.74) is 2.45. The molecule has 1 aromatic rings. The van der Waals surface area contributed by atoms with Gasteiger partial charge < -0.3 is 9.47 Å². The minimum absolute atomic E-state index is 0.0329. The van der Waals surface area contributed by atoms with Crippen molar-refractivity contribution in [3.63, 3.8) is 0 Å². The van der Waals surface area contributed by atoms with E-state index in [1.807, 2.05) is 12.1 Å². The normalized spacial score (nSPS) is 13.4. The SMILES string of the molecule is COC(=O)COc1ccc(S)c2c1CCC2. The van der Waals surface area contributed by atoms with Gasteiger partial charge in [-0.15, -0.1) is 12.6 Å². The van der Waals surface area contributed by atoms with E-state index in [0.29, 0.717) is 0 Å². The molecule has 2 rings (SSSR count). The average molecular weight is 238 g/mol. The van der Waals surface area contributed by atoms with Gasteiger partial charge in [0.05, 0.1) is 7.11 Å². The fourth-order valence-corrected chi connectivity index (χ4v) is 2.31. The van der Waals surface area contributed by atoms with Gasteiger partial charge >= 0.3 is 5.97 Å². The van der Waals surface area contributed by atoms with Crippen LogP contribution >= 0.6 is 12.6 Å². The molecule has 1 aliphatic rings. The number of thiol groups is 1. The van der Waals surface area contributed by atoms with Crippen molar-refractivity contribution in [1.29, 1.82) is 0 Å². The summed E-state index contributed by atoms with van der Waals surface area (Å²) in [6.07, 6.45) is 3.17. The van der Waals surface area contributed by atoms with Gasteiger partial charge in [-0.3, -0.25) is 0 Å². The Balaban J connectivity index is 2.16. The van der Waals surface area contributed by atoms with Crippen molar-refractivity contribution in [1.82, 2.24) is 0 Å². The summed E-state index contributed by atoms with van der Waals surface area (Å²) in [5.74, 6) is 0.428. The van der Waals surface area contributed by atoms with Crippen LogP contribution in [0.5, 0.6) is 5.75 Å². The van der Waals surface area contributed by atoms with E-state index < -0.39 is 0 Å². The molecule has 0 saturated carbocycles. The lowest BCUT2D eigenvalue weighted by atomic mass is 10.1. The molecule has 0 bridgehead atoms. The Kier molecular flexibility index (Phi) is 3.39. The molecule has 0 saturated heterocycles. The number of ether oxygens (including phenoxy) is 2. The van der Waals surface area contributed by atoms with E-state index in [4.69, 9.17) is 4.74 Å². The summed E-state index contributed by atoms with van der Waals surface area (Å²) in [6, 6.07) is 3.79. The zero-order valence-corrected chi connectivity index (χ0v) is 10.0. The summed E-state index contributed by atoms with van der Waals surface area (Å²) in [5, 5.41) is 0. The lowest BCUT2D eigenvalue weighted by molar-refractivity contribution is -0.142. The summed E-state index contributed by atoms with van der Waals surface area (Å²) in [6.45, 7) is -0.0329. The third-order valence-electron chi connectivity index (χ3n) is 2.79. The summed E-state index contributed by atoms with van der Waals surface area (Å²) < 4.78 is 9.98. The Labute approximate surface area is 100 Å². The second-order valence-electron chi connectivity index (χ2n) is 3.76. The van der Waals surface area contributed by atoms with E-state index in [1.165, 1.54) is 18.2 Å². The number of carbonyl (C=O) groups is 1. The van der Waals surface area contributed by atoms with Crippen LogP contribution in [0.25, 0.3) is 0 Å². The Morgan fingerprint density at radius 3 is 2.88 bits per heavy atom. The van der Waals surface area contributed by atoms with Gasteiger partial charge in [-0.2, -0.15) is 0 Å². The van der Waals surface area contributed by atoms with Crippen LogP contribution < -0.4 is 4.74 Å². The molecule has 0 amide bonds. The van der Waals surface area contributed by atoms with Crippen molar-refractivity contribution < 1.29 is 14.3 Å². The molecular weight excluding hydrogens is 224 g/mol. The quantitative estimate of drug-likeness (QED) is 0.646. The Bertz CT molecular complexity index is 415. The van der Waals surface area contributed by atoms with Crippen molar-refractivity contribution in [3.05, 3.63) is 23.3 Å². The van der Waals surface area contributed by atoms with Crippen LogP contribution in [0.1, 0.15) is 17.5 Å². The van der Waals surface area contributed by atoms with Crippen LogP contribution in [0.15, 0.2) is 17.0 Å². The highest BCUT2D eigenvalue weighted by molar-refractivity contribution is 7.80. The first kappa shape index (κ1) is 11.3. The minimum atomic E-state index is -0.360. The molecule has 4 heteroatoms. The number of carbonyl (C=O) groups excluding carboxylic acids is 1. The minimum Gasteiger partial charge on any atom is -0.482 e. The molecule has 0 spiro atoms. The van der Waals surface area contributed by atoms with E-state index in [9.17, 15) is 4.79 Å². The Morgan fingerprint density at radius 1 is 1.38 bits per heavy atom. The maximum Gasteiger partial charge on any atom is 0.343 e. The van der Waals surface area contributed by atoms with Gasteiger partial charge in [-0.1, -0.05) is 0 Å². The van der Waals surface area contributed by atoms with Crippen LogP contribution in [0.3, 0.4) is 0 Å². The number of esters is 1. The maximum atomic E-state index is 11.0. The summed E-state index contributed by atoms with van der Waals surface area (Å²) in [4.78, 5) is 12.0. The van der Waals surface area contributed by atoms with Crippen LogP contribution in [0, 0.1) is 0 Å². The molecule has 86 valence electrons. The number of hydrogen-bond donors (Lipinski definition) is 1. The van der Waals surface area contributed by atoms with E-state index in [0.717, 1.165) is 29.9 Å². The molecule has 0 radical (unpaired) electrons. The smallest absolute Gasteiger partial charge is 0.343 e. The molecule has 0 atom stereocenters. The molecule has 1 aliphatic carbocycles. The summed E-state index contributed by atoms with van der Waals surface area (Å²) >= 11 is 4.41. The molecule has 0 heterocycles. The first-order valence-corrected chi connectivity index (χ1v) is 5.70. The van der Waals surface area contributed by atoms with Crippen LogP contribution in [0.4, 0.5) is 0 Å². The molecule has 0 unspecified atom stereocenters. The van der Waals surface area contributed by atoms with E-state index in [2.05, 4.69) is 17.4 Å². The molecule has 3 nitrogen and oxygen atoms in total. The van der Waals surface area contributed by atoms with Crippen molar-refractivity contribution in [3.8, 4) is 5.75 Å². The van der Waals surface area contributed by atoms with Gasteiger partial charge in [0.15, 0.2) is 6.61 Å². The first-order chi connectivity index (χ1) is 7.72. The second-order valence-corrected chi connectivity index (χ2v) is 4.24. The van der Waals surface area contributed by atoms with Gasteiger partial charge in [0.1, 0.15) is 5.75 Å². The molecule has 0 aliphatic heterocycles. The van der Waals surface area contributed by atoms with E-state index in [1.54, 1.807) is 0 Å². The Morgan fingerprint density at radius 2 is 2.12 bits per heavy atom. The van der Waals surface area contributed by atoms with Crippen molar-refractivity contribution in [2.75, 3.05) is 13.7 Å². The average Bonchev–Trinajstić information content (AvgIpc) is 2.77. The number of fused-ring (bicyclic) bond motifs is 1. The van der Waals surface area contributed by atoms with Crippen molar-refractivity contribution in [2.24, 2.45) is 0 Å². The van der Waals surface area contributed by atoms with Crippen molar-refractivity contribution >= 4 is 18.6 Å². The predicted octanol–water partition coefficient (Wildman–Crippen LogP) is 2.02. The highest BCUT2D eigenvalue weighted by Crippen LogP contribution is 2.34. The molecule has 0 aromatic heterocycles. The zero-order valence-electron chi connectivity index (χ0n) is 9.16. The zero-order chi connectivity index (χ0) is 11.5. The molecule has 0 fully saturated rings. The molecular formula is C12H14O3S. The third-order valence-corrected chi connectivity index (χ3v) is 3.21. The fourth-order valence-electron chi connectivity index (χ4n) is 1.98. The lowest BCUT2D eigenvalue weighted by Crippen LogP contribution is -2.13. The number of methoxy groups -OCH3 is 1. The second kappa shape index (κ2) is 4.78. The van der Waals surface area contributed by atoms with Crippen molar-refractivity contribution in [2.45, 2.75) is 24.2 Å². The highest BCUT2D eigenvalue weighted by atomic mass is 32.1. The van der Waals surface area contributed by atoms with Crippen LogP contribution in [-0.2, 0) is 22.4 Å². The monoisotopic (exact) mass is 238 g/mol. The molecule has 0 N–H and O–H groups in total. The highest BCUT2D eigenvalue weighted by Gasteiger charge is 2.18. The van der Waals surface area contributed by atoms with Gasteiger partial charge in [-0.25, -0.2) is 4.79 Å². The largest absolute Gasteiger partial charge is 0.482 e. The maximum absolute atomic E-state index is 11.0. The van der Waals surface area contributed by atoms with Crippen LogP contribution in [-0.4, -0.2) is 19.7 Å². The van der Waals surface area contributed by atoms with Gasteiger partial charge in [0.25, 0.3) is 0 Å².